The van der Waals surface area contributed by atoms with Crippen LogP contribution in [0.25, 0.3) is 0 Å². The van der Waals surface area contributed by atoms with Gasteiger partial charge in [-0.2, -0.15) is 0 Å². The Hall–Kier alpha value is -1.30. The Morgan fingerprint density at radius 3 is 1.95 bits per heavy atom. The van der Waals surface area contributed by atoms with Crippen LogP contribution in [0.1, 0.15) is 20.8 Å². The molecule has 1 N–H and O–H groups in total. The van der Waals surface area contributed by atoms with E-state index in [-0.39, 0.29) is 17.5 Å². The first-order valence-corrected chi connectivity index (χ1v) is 6.81. The van der Waals surface area contributed by atoms with E-state index >= 15 is 0 Å². The molecule has 2 amide bonds. The summed E-state index contributed by atoms with van der Waals surface area (Å²) in [5.41, 5.74) is 0.139. The molecule has 19 heavy (non-hydrogen) atoms. The lowest BCUT2D eigenvalue weighted by atomic mass is 10.0. The zero-order valence-electron chi connectivity index (χ0n) is 11.9. The Morgan fingerprint density at radius 2 is 1.53 bits per heavy atom. The molecular weight excluding hydrogens is 246 g/mol. The predicted molar refractivity (Wildman–Crippen MR) is 71.0 cm³/mol. The Balaban J connectivity index is 1.79. The maximum absolute atomic E-state index is 12.1. The molecule has 6 heteroatoms. The molecule has 2 aliphatic rings. The normalized spacial score (nSPS) is 22.3. The van der Waals surface area contributed by atoms with Crippen LogP contribution >= 0.6 is 0 Å². The van der Waals surface area contributed by atoms with E-state index in [4.69, 9.17) is 5.11 Å². The standard InChI is InChI=1S/C13H23N3O3/c1-13(2,3)16-6-4-14(5-7-16)12(19)15-8-10(9-15)11(17)18/h10H,4-9H2,1-3H3,(H,17,18). The molecule has 0 saturated carbocycles. The lowest BCUT2D eigenvalue weighted by molar-refractivity contribution is -0.146. The number of hydrogen-bond acceptors (Lipinski definition) is 3. The summed E-state index contributed by atoms with van der Waals surface area (Å²) in [4.78, 5) is 28.7. The molecule has 2 fully saturated rings. The molecule has 0 radical (unpaired) electrons. The highest BCUT2D eigenvalue weighted by Gasteiger charge is 2.38. The third-order valence-corrected chi connectivity index (χ3v) is 4.00. The van der Waals surface area contributed by atoms with Gasteiger partial charge in [0.05, 0.1) is 5.92 Å². The molecule has 0 unspecified atom stereocenters. The number of likely N-dealkylation sites (tertiary alicyclic amines) is 1. The monoisotopic (exact) mass is 269 g/mol. The van der Waals surface area contributed by atoms with E-state index in [1.165, 1.54) is 0 Å². The van der Waals surface area contributed by atoms with Crippen molar-refractivity contribution in [3.63, 3.8) is 0 Å². The van der Waals surface area contributed by atoms with E-state index in [1.54, 1.807) is 4.90 Å². The molecule has 108 valence electrons. The van der Waals surface area contributed by atoms with Crippen LogP contribution in [-0.2, 0) is 4.79 Å². The number of amides is 2. The quantitative estimate of drug-likeness (QED) is 0.754. The van der Waals surface area contributed by atoms with Crippen molar-refractivity contribution in [3.8, 4) is 0 Å². The van der Waals surface area contributed by atoms with Crippen LogP contribution in [0, 0.1) is 5.92 Å². The molecule has 0 aromatic rings. The number of nitrogens with zero attached hydrogens (tertiary/aromatic N) is 3. The number of piperazine rings is 1. The molecule has 0 spiro atoms. The van der Waals surface area contributed by atoms with Crippen LogP contribution in [0.15, 0.2) is 0 Å². The minimum atomic E-state index is -0.804. The summed E-state index contributed by atoms with van der Waals surface area (Å²) in [6.07, 6.45) is 0. The summed E-state index contributed by atoms with van der Waals surface area (Å²) in [5.74, 6) is -1.18. The van der Waals surface area contributed by atoms with Gasteiger partial charge in [0.15, 0.2) is 0 Å². The first-order valence-electron chi connectivity index (χ1n) is 6.81. The number of hydrogen-bond donors (Lipinski definition) is 1. The zero-order valence-corrected chi connectivity index (χ0v) is 11.9. The van der Waals surface area contributed by atoms with Crippen LogP contribution in [0.2, 0.25) is 0 Å². The highest BCUT2D eigenvalue weighted by molar-refractivity contribution is 5.80. The summed E-state index contributed by atoms with van der Waals surface area (Å²) in [6, 6.07) is -0.00828. The van der Waals surface area contributed by atoms with E-state index < -0.39 is 5.97 Å². The van der Waals surface area contributed by atoms with E-state index in [1.807, 2.05) is 4.90 Å². The number of carboxylic acid groups (broad SMARTS) is 1. The van der Waals surface area contributed by atoms with Gasteiger partial charge in [-0.1, -0.05) is 0 Å². The fourth-order valence-electron chi connectivity index (χ4n) is 2.56. The van der Waals surface area contributed by atoms with Gasteiger partial charge in [-0.05, 0) is 20.8 Å². The number of aliphatic carboxylic acids is 1. The molecule has 6 nitrogen and oxygen atoms in total. The molecule has 0 bridgehead atoms. The van der Waals surface area contributed by atoms with Crippen LogP contribution in [0.4, 0.5) is 4.79 Å². The number of carbonyl (C=O) groups is 2. The lowest BCUT2D eigenvalue weighted by Crippen LogP contribution is -2.61. The van der Waals surface area contributed by atoms with Gasteiger partial charge in [0, 0.05) is 44.8 Å². The molecule has 2 saturated heterocycles. The van der Waals surface area contributed by atoms with Crippen molar-refractivity contribution >= 4 is 12.0 Å². The zero-order chi connectivity index (χ0) is 14.2. The summed E-state index contributed by atoms with van der Waals surface area (Å²) in [6.45, 7) is 10.5. The van der Waals surface area contributed by atoms with E-state index in [0.29, 0.717) is 13.1 Å². The first-order chi connectivity index (χ1) is 8.79. The fourth-order valence-corrected chi connectivity index (χ4v) is 2.56. The summed E-state index contributed by atoms with van der Waals surface area (Å²) in [5, 5.41) is 8.81. The summed E-state index contributed by atoms with van der Waals surface area (Å²) >= 11 is 0. The predicted octanol–water partition coefficient (Wildman–Crippen LogP) is 0.539. The fraction of sp³-hybridized carbons (Fsp3) is 0.846. The third-order valence-electron chi connectivity index (χ3n) is 4.00. The van der Waals surface area contributed by atoms with Gasteiger partial charge < -0.3 is 14.9 Å². The van der Waals surface area contributed by atoms with Crippen LogP contribution < -0.4 is 0 Å². The van der Waals surface area contributed by atoms with Gasteiger partial charge in [-0.3, -0.25) is 9.69 Å². The minimum Gasteiger partial charge on any atom is -0.481 e. The average molecular weight is 269 g/mol. The second-order valence-corrected chi connectivity index (χ2v) is 6.37. The maximum atomic E-state index is 12.1. The van der Waals surface area contributed by atoms with Crippen molar-refractivity contribution in [1.82, 2.24) is 14.7 Å². The molecule has 0 aliphatic carbocycles. The van der Waals surface area contributed by atoms with Gasteiger partial charge in [-0.25, -0.2) is 4.79 Å². The largest absolute Gasteiger partial charge is 0.481 e. The van der Waals surface area contributed by atoms with Crippen molar-refractivity contribution < 1.29 is 14.7 Å². The summed E-state index contributed by atoms with van der Waals surface area (Å²) < 4.78 is 0. The smallest absolute Gasteiger partial charge is 0.320 e. The van der Waals surface area contributed by atoms with Crippen molar-refractivity contribution in [1.29, 1.82) is 0 Å². The summed E-state index contributed by atoms with van der Waals surface area (Å²) in [7, 11) is 0. The Labute approximate surface area is 114 Å². The number of urea groups is 1. The highest BCUT2D eigenvalue weighted by atomic mass is 16.4. The Morgan fingerprint density at radius 1 is 1.00 bits per heavy atom. The van der Waals surface area contributed by atoms with E-state index in [0.717, 1.165) is 26.2 Å². The third kappa shape index (κ3) is 3.00. The van der Waals surface area contributed by atoms with Crippen molar-refractivity contribution in [2.75, 3.05) is 39.3 Å². The van der Waals surface area contributed by atoms with Crippen molar-refractivity contribution in [3.05, 3.63) is 0 Å². The van der Waals surface area contributed by atoms with Crippen molar-refractivity contribution in [2.45, 2.75) is 26.3 Å². The number of rotatable bonds is 1. The van der Waals surface area contributed by atoms with Gasteiger partial charge in [0.25, 0.3) is 0 Å². The highest BCUT2D eigenvalue weighted by Crippen LogP contribution is 2.20. The molecule has 0 atom stereocenters. The van der Waals surface area contributed by atoms with E-state index in [9.17, 15) is 9.59 Å². The molecular formula is C13H23N3O3. The molecule has 0 aromatic heterocycles. The maximum Gasteiger partial charge on any atom is 0.320 e. The SMILES string of the molecule is CC(C)(C)N1CCN(C(=O)N2CC(C(=O)O)C2)CC1. The van der Waals surface area contributed by atoms with Gasteiger partial charge in [0.2, 0.25) is 0 Å². The molecule has 2 rings (SSSR count). The van der Waals surface area contributed by atoms with Crippen molar-refractivity contribution in [2.24, 2.45) is 5.92 Å². The van der Waals surface area contributed by atoms with Gasteiger partial charge >= 0.3 is 12.0 Å². The average Bonchev–Trinajstić information content (AvgIpc) is 2.25. The molecule has 2 aliphatic heterocycles. The second-order valence-electron chi connectivity index (χ2n) is 6.37. The van der Waals surface area contributed by atoms with Gasteiger partial charge in [-0.15, -0.1) is 0 Å². The Kier molecular flexibility index (Phi) is 3.71. The topological polar surface area (TPSA) is 64.1 Å². The Bertz CT molecular complexity index is 364. The number of carboxylic acids is 1. The lowest BCUT2D eigenvalue weighted by Gasteiger charge is -2.45. The van der Waals surface area contributed by atoms with Crippen LogP contribution in [-0.4, -0.2) is 76.6 Å². The second kappa shape index (κ2) is 5.00. The van der Waals surface area contributed by atoms with Crippen LogP contribution in [0.5, 0.6) is 0 Å². The van der Waals surface area contributed by atoms with Crippen LogP contribution in [0.3, 0.4) is 0 Å². The molecule has 0 aromatic carbocycles. The first kappa shape index (κ1) is 14.1. The minimum absolute atomic E-state index is 0.00828. The van der Waals surface area contributed by atoms with Gasteiger partial charge in [0.1, 0.15) is 0 Å². The molecule has 2 heterocycles. The number of carbonyl (C=O) groups excluding carboxylic acids is 1. The van der Waals surface area contributed by atoms with E-state index in [2.05, 4.69) is 25.7 Å².